The Morgan fingerprint density at radius 2 is 2.11 bits per heavy atom. The molecule has 0 aliphatic rings. The summed E-state index contributed by atoms with van der Waals surface area (Å²) in [6, 6.07) is 0. The molecular formula is C13H20N2O3. The fourth-order valence-corrected chi connectivity index (χ4v) is 1.22. The fourth-order valence-electron chi connectivity index (χ4n) is 1.22. The normalized spacial score (nSPS) is 15.2. The van der Waals surface area contributed by atoms with E-state index >= 15 is 0 Å². The number of oxime groups is 1. The molecule has 0 heterocycles. The van der Waals surface area contributed by atoms with Crippen LogP contribution < -0.4 is 5.73 Å². The fraction of sp³-hybridized carbons (Fsp3) is 0.385. The molecule has 1 atom stereocenters. The summed E-state index contributed by atoms with van der Waals surface area (Å²) < 4.78 is 0. The summed E-state index contributed by atoms with van der Waals surface area (Å²) in [5, 5.41) is 13.8. The highest BCUT2D eigenvalue weighted by Gasteiger charge is 2.31. The van der Waals surface area contributed by atoms with Crippen molar-refractivity contribution in [2.45, 2.75) is 32.8 Å². The number of amides is 1. The number of allylic oxidation sites excluding steroid dienone is 2. The summed E-state index contributed by atoms with van der Waals surface area (Å²) in [4.78, 5) is 16.1. The molecule has 5 heteroatoms. The average Bonchev–Trinajstić information content (AvgIpc) is 2.24. The third-order valence-corrected chi connectivity index (χ3v) is 2.24. The predicted octanol–water partition coefficient (Wildman–Crippen LogP) is 1.65. The van der Waals surface area contributed by atoms with Crippen LogP contribution in [0.2, 0.25) is 0 Å². The number of aliphatic hydroxyl groups is 1. The van der Waals surface area contributed by atoms with Crippen molar-refractivity contribution in [1.82, 2.24) is 0 Å². The minimum Gasteiger partial charge on any atom is -0.380 e. The van der Waals surface area contributed by atoms with Crippen molar-refractivity contribution in [2.24, 2.45) is 10.9 Å². The van der Waals surface area contributed by atoms with E-state index in [4.69, 9.17) is 10.6 Å². The first-order valence-corrected chi connectivity index (χ1v) is 5.51. The number of carbonyl (C=O) groups excluding carboxylic acids is 1. The van der Waals surface area contributed by atoms with Gasteiger partial charge in [-0.05, 0) is 20.3 Å². The summed E-state index contributed by atoms with van der Waals surface area (Å²) in [5.41, 5.74) is 3.92. The van der Waals surface area contributed by atoms with Crippen LogP contribution in [0, 0.1) is 0 Å². The first-order chi connectivity index (χ1) is 8.23. The van der Waals surface area contributed by atoms with E-state index in [-0.39, 0.29) is 11.1 Å². The molecule has 0 spiro atoms. The molecule has 3 N–H and O–H groups in total. The number of primary amides is 1. The second kappa shape index (κ2) is 6.76. The van der Waals surface area contributed by atoms with Crippen LogP contribution in [0.1, 0.15) is 27.2 Å². The van der Waals surface area contributed by atoms with Gasteiger partial charge in [0.2, 0.25) is 5.91 Å². The number of hydrogen-bond acceptors (Lipinski definition) is 4. The molecule has 0 aromatic carbocycles. The summed E-state index contributed by atoms with van der Waals surface area (Å²) in [6.45, 7) is 12.0. The Bertz CT molecular complexity index is 406. The van der Waals surface area contributed by atoms with E-state index in [1.54, 1.807) is 13.0 Å². The highest BCUT2D eigenvalue weighted by molar-refractivity contribution is 5.97. The van der Waals surface area contributed by atoms with E-state index in [1.807, 2.05) is 6.92 Å². The average molecular weight is 252 g/mol. The quantitative estimate of drug-likeness (QED) is 0.313. The SMILES string of the molecule is C=C(C)O/N=C\C(=C)C(C)(O)/C(=C\CC)C(N)=O. The summed E-state index contributed by atoms with van der Waals surface area (Å²) >= 11 is 0. The van der Waals surface area contributed by atoms with Gasteiger partial charge in [-0.1, -0.05) is 31.3 Å². The first-order valence-electron chi connectivity index (χ1n) is 5.51. The largest absolute Gasteiger partial charge is 0.380 e. The van der Waals surface area contributed by atoms with Crippen molar-refractivity contribution in [3.8, 4) is 0 Å². The van der Waals surface area contributed by atoms with Crippen LogP contribution in [-0.2, 0) is 9.63 Å². The number of rotatable bonds is 7. The third kappa shape index (κ3) is 4.55. The third-order valence-electron chi connectivity index (χ3n) is 2.24. The Morgan fingerprint density at radius 3 is 2.50 bits per heavy atom. The highest BCUT2D eigenvalue weighted by Crippen LogP contribution is 2.23. The highest BCUT2D eigenvalue weighted by atomic mass is 16.6. The molecule has 0 saturated carbocycles. The van der Waals surface area contributed by atoms with Gasteiger partial charge >= 0.3 is 0 Å². The zero-order chi connectivity index (χ0) is 14.3. The molecule has 1 amide bonds. The maximum Gasteiger partial charge on any atom is 0.247 e. The molecule has 1 unspecified atom stereocenters. The maximum atomic E-state index is 11.3. The molecule has 0 rings (SSSR count). The Hall–Kier alpha value is -1.88. The lowest BCUT2D eigenvalue weighted by molar-refractivity contribution is -0.116. The lowest BCUT2D eigenvalue weighted by Gasteiger charge is -2.25. The van der Waals surface area contributed by atoms with Crippen molar-refractivity contribution in [3.05, 3.63) is 36.1 Å². The Kier molecular flexibility index (Phi) is 6.05. The van der Waals surface area contributed by atoms with Crippen LogP contribution in [0.3, 0.4) is 0 Å². The molecule has 0 aromatic rings. The van der Waals surface area contributed by atoms with Gasteiger partial charge in [-0.15, -0.1) is 0 Å². The van der Waals surface area contributed by atoms with Crippen LogP contribution in [0.4, 0.5) is 0 Å². The predicted molar refractivity (Wildman–Crippen MR) is 71.7 cm³/mol. The summed E-state index contributed by atoms with van der Waals surface area (Å²) in [6.07, 6.45) is 3.35. The zero-order valence-corrected chi connectivity index (χ0v) is 11.1. The van der Waals surface area contributed by atoms with Crippen molar-refractivity contribution >= 4 is 12.1 Å². The van der Waals surface area contributed by atoms with E-state index in [2.05, 4.69) is 18.3 Å². The van der Waals surface area contributed by atoms with Crippen molar-refractivity contribution in [1.29, 1.82) is 0 Å². The van der Waals surface area contributed by atoms with E-state index in [1.165, 1.54) is 13.1 Å². The second-order valence-corrected chi connectivity index (χ2v) is 4.02. The topological polar surface area (TPSA) is 84.9 Å². The molecule has 0 fully saturated rings. The number of carbonyl (C=O) groups is 1. The van der Waals surface area contributed by atoms with Crippen molar-refractivity contribution in [2.75, 3.05) is 0 Å². The number of nitrogens with zero attached hydrogens (tertiary/aromatic N) is 1. The molecular weight excluding hydrogens is 232 g/mol. The Labute approximate surface area is 107 Å². The van der Waals surface area contributed by atoms with Crippen LogP contribution in [0.15, 0.2) is 41.3 Å². The molecule has 5 nitrogen and oxygen atoms in total. The minimum absolute atomic E-state index is 0.0803. The van der Waals surface area contributed by atoms with E-state index < -0.39 is 11.5 Å². The van der Waals surface area contributed by atoms with Gasteiger partial charge in [0.15, 0.2) is 0 Å². The smallest absolute Gasteiger partial charge is 0.247 e. The zero-order valence-electron chi connectivity index (χ0n) is 11.1. The maximum absolute atomic E-state index is 11.3. The standard InChI is InChI=1S/C13H20N2O3/c1-6-7-11(12(14)16)13(5,17)10(4)8-15-18-9(2)3/h7-8,17H,2,4,6H2,1,3,5H3,(H2,14,16)/b11-7-,15-8-. The molecule has 0 aliphatic carbocycles. The van der Waals surface area contributed by atoms with E-state index in [0.717, 1.165) is 0 Å². The van der Waals surface area contributed by atoms with Crippen molar-refractivity contribution < 1.29 is 14.7 Å². The van der Waals surface area contributed by atoms with Gasteiger partial charge in [0, 0.05) is 11.1 Å². The van der Waals surface area contributed by atoms with Gasteiger partial charge in [0.1, 0.15) is 11.4 Å². The van der Waals surface area contributed by atoms with Crippen LogP contribution in [-0.4, -0.2) is 22.8 Å². The van der Waals surface area contributed by atoms with Gasteiger partial charge in [-0.2, -0.15) is 0 Å². The Morgan fingerprint density at radius 1 is 1.56 bits per heavy atom. The van der Waals surface area contributed by atoms with E-state index in [0.29, 0.717) is 12.2 Å². The lowest BCUT2D eigenvalue weighted by Crippen LogP contribution is -2.37. The van der Waals surface area contributed by atoms with Gasteiger partial charge in [-0.3, -0.25) is 4.79 Å². The number of nitrogens with two attached hydrogens (primary N) is 1. The summed E-state index contributed by atoms with van der Waals surface area (Å²) in [5.74, 6) is -0.296. The van der Waals surface area contributed by atoms with Crippen LogP contribution in [0.25, 0.3) is 0 Å². The van der Waals surface area contributed by atoms with Crippen LogP contribution >= 0.6 is 0 Å². The number of hydrogen-bond donors (Lipinski definition) is 2. The minimum atomic E-state index is -1.58. The lowest BCUT2D eigenvalue weighted by atomic mass is 9.88. The van der Waals surface area contributed by atoms with Crippen LogP contribution in [0.5, 0.6) is 0 Å². The monoisotopic (exact) mass is 252 g/mol. The molecule has 18 heavy (non-hydrogen) atoms. The van der Waals surface area contributed by atoms with Gasteiger partial charge in [0.25, 0.3) is 0 Å². The van der Waals surface area contributed by atoms with Gasteiger partial charge in [-0.25, -0.2) is 0 Å². The first kappa shape index (κ1) is 16.1. The molecule has 0 aromatic heterocycles. The van der Waals surface area contributed by atoms with Crippen molar-refractivity contribution in [3.63, 3.8) is 0 Å². The molecule has 100 valence electrons. The molecule has 0 aliphatic heterocycles. The second-order valence-electron chi connectivity index (χ2n) is 4.02. The Balaban J connectivity index is 5.06. The van der Waals surface area contributed by atoms with Gasteiger partial charge < -0.3 is 15.7 Å². The van der Waals surface area contributed by atoms with Gasteiger partial charge in [0.05, 0.1) is 6.21 Å². The summed E-state index contributed by atoms with van der Waals surface area (Å²) in [7, 11) is 0. The van der Waals surface area contributed by atoms with E-state index in [9.17, 15) is 9.90 Å². The molecule has 0 saturated heterocycles. The molecule has 0 radical (unpaired) electrons. The molecule has 0 bridgehead atoms.